The summed E-state index contributed by atoms with van der Waals surface area (Å²) in [5.41, 5.74) is -3.07. The van der Waals surface area contributed by atoms with Gasteiger partial charge in [-0.1, -0.05) is 24.3 Å². The Morgan fingerprint density at radius 1 is 0.615 bits per heavy atom. The normalized spacial score (nSPS) is 16.2. The van der Waals surface area contributed by atoms with Crippen molar-refractivity contribution in [1.82, 2.24) is 0 Å². The van der Waals surface area contributed by atoms with E-state index >= 15 is 0 Å². The number of aryl methyl sites for hydroxylation is 4. The summed E-state index contributed by atoms with van der Waals surface area (Å²) in [7, 11) is 0. The van der Waals surface area contributed by atoms with Crippen molar-refractivity contribution in [2.24, 2.45) is 0 Å². The van der Waals surface area contributed by atoms with Crippen LogP contribution in [0.5, 0.6) is 0 Å². The van der Waals surface area contributed by atoms with Crippen LogP contribution in [0, 0.1) is 27.7 Å². The molecule has 0 spiro atoms. The molecule has 0 radical (unpaired) electrons. The van der Waals surface area contributed by atoms with Crippen molar-refractivity contribution in [2.45, 2.75) is 51.9 Å². The number of benzene rings is 2. The molecule has 2 aromatic rings. The molecule has 1 aliphatic rings. The van der Waals surface area contributed by atoms with Gasteiger partial charge in [0.15, 0.2) is 0 Å². The highest BCUT2D eigenvalue weighted by atomic mass is 19.4. The van der Waals surface area contributed by atoms with Crippen molar-refractivity contribution in [3.05, 3.63) is 68.8 Å². The summed E-state index contributed by atoms with van der Waals surface area (Å²) in [6.07, 6.45) is -11.0. The molecule has 0 heterocycles. The first-order chi connectivity index (χ1) is 11.8. The predicted molar refractivity (Wildman–Crippen MR) is 87.5 cm³/mol. The molecule has 0 saturated heterocycles. The van der Waals surface area contributed by atoms with Crippen LogP contribution in [0.4, 0.5) is 26.3 Å². The molecule has 0 N–H and O–H groups in total. The van der Waals surface area contributed by atoms with Crippen LogP contribution in [0.15, 0.2) is 24.3 Å². The summed E-state index contributed by atoms with van der Waals surface area (Å²) in [6.45, 7) is 6.44. The van der Waals surface area contributed by atoms with Gasteiger partial charge in [0.05, 0.1) is 0 Å². The van der Waals surface area contributed by atoms with E-state index in [0.717, 1.165) is 12.1 Å². The van der Waals surface area contributed by atoms with Crippen molar-refractivity contribution < 1.29 is 26.3 Å². The molecule has 0 fully saturated rings. The molecular formula is C20H18F6. The van der Waals surface area contributed by atoms with Gasteiger partial charge in [0.2, 0.25) is 5.41 Å². The standard InChI is InChI=1S/C20H18F6/c1-10-5-14-9-15-6-11(2)13(4)8-17(15)18(19(21,22)23,20(24,25)26)16(14)7-12(10)3/h5-8H,9H2,1-4H3. The molecule has 0 bridgehead atoms. The molecule has 3 rings (SSSR count). The minimum atomic E-state index is -5.52. The SMILES string of the molecule is Cc1cc2c(cc1C)C(C(F)(F)F)(C(F)(F)F)c1cc(C)c(C)cc1C2. The van der Waals surface area contributed by atoms with Gasteiger partial charge in [-0.3, -0.25) is 0 Å². The highest BCUT2D eigenvalue weighted by molar-refractivity contribution is 5.59. The first kappa shape index (κ1) is 18.8. The van der Waals surface area contributed by atoms with E-state index in [2.05, 4.69) is 0 Å². The van der Waals surface area contributed by atoms with Crippen LogP contribution in [-0.2, 0) is 11.8 Å². The van der Waals surface area contributed by atoms with Gasteiger partial charge < -0.3 is 0 Å². The molecule has 0 aliphatic heterocycles. The zero-order valence-corrected chi connectivity index (χ0v) is 14.8. The fraction of sp³-hybridized carbons (Fsp3) is 0.400. The molecule has 0 amide bonds. The lowest BCUT2D eigenvalue weighted by Crippen LogP contribution is -2.57. The summed E-state index contributed by atoms with van der Waals surface area (Å²) in [5, 5.41) is 0. The summed E-state index contributed by atoms with van der Waals surface area (Å²) in [4.78, 5) is 0. The van der Waals surface area contributed by atoms with E-state index in [4.69, 9.17) is 0 Å². The first-order valence-corrected chi connectivity index (χ1v) is 8.15. The number of halogens is 6. The lowest BCUT2D eigenvalue weighted by atomic mass is 9.64. The minimum Gasteiger partial charge on any atom is -0.169 e. The molecule has 140 valence electrons. The largest absolute Gasteiger partial charge is 0.411 e. The monoisotopic (exact) mass is 372 g/mol. The predicted octanol–water partition coefficient (Wildman–Crippen LogP) is 6.24. The van der Waals surface area contributed by atoms with Crippen molar-refractivity contribution in [2.75, 3.05) is 0 Å². The summed E-state index contributed by atoms with van der Waals surface area (Å²) in [5.74, 6) is 0. The molecule has 0 unspecified atom stereocenters. The van der Waals surface area contributed by atoms with Crippen LogP contribution < -0.4 is 0 Å². The van der Waals surface area contributed by atoms with Crippen LogP contribution in [0.2, 0.25) is 0 Å². The summed E-state index contributed by atoms with van der Waals surface area (Å²) in [6, 6.07) is 5.03. The highest BCUT2D eigenvalue weighted by Crippen LogP contribution is 2.60. The smallest absolute Gasteiger partial charge is 0.169 e. The van der Waals surface area contributed by atoms with E-state index in [9.17, 15) is 26.3 Å². The van der Waals surface area contributed by atoms with E-state index in [1.165, 1.54) is 26.0 Å². The van der Waals surface area contributed by atoms with Gasteiger partial charge in [-0.15, -0.1) is 0 Å². The maximum Gasteiger partial charge on any atom is 0.411 e. The Kier molecular flexibility index (Phi) is 3.98. The third-order valence-electron chi connectivity index (χ3n) is 5.48. The Balaban J connectivity index is 2.54. The van der Waals surface area contributed by atoms with Gasteiger partial charge in [0, 0.05) is 0 Å². The summed E-state index contributed by atoms with van der Waals surface area (Å²) < 4.78 is 85.2. The fourth-order valence-electron chi connectivity index (χ4n) is 3.86. The van der Waals surface area contributed by atoms with Gasteiger partial charge in [-0.2, -0.15) is 26.3 Å². The molecule has 0 nitrogen and oxygen atoms in total. The fourth-order valence-corrected chi connectivity index (χ4v) is 3.86. The van der Waals surface area contributed by atoms with E-state index in [1.54, 1.807) is 13.8 Å². The molecule has 26 heavy (non-hydrogen) atoms. The zero-order chi connectivity index (χ0) is 19.7. The lowest BCUT2D eigenvalue weighted by Gasteiger charge is -2.43. The van der Waals surface area contributed by atoms with Crippen LogP contribution in [0.1, 0.15) is 44.5 Å². The van der Waals surface area contributed by atoms with Crippen molar-refractivity contribution in [3.8, 4) is 0 Å². The molecule has 0 saturated carbocycles. The van der Waals surface area contributed by atoms with Crippen LogP contribution in [0.25, 0.3) is 0 Å². The molecule has 2 aromatic carbocycles. The van der Waals surface area contributed by atoms with E-state index in [1.807, 2.05) is 0 Å². The Morgan fingerprint density at radius 2 is 0.923 bits per heavy atom. The van der Waals surface area contributed by atoms with Crippen LogP contribution in [-0.4, -0.2) is 12.4 Å². The third-order valence-corrected chi connectivity index (χ3v) is 5.48. The molecule has 1 aliphatic carbocycles. The third kappa shape index (κ3) is 2.37. The second-order valence-corrected chi connectivity index (χ2v) is 7.11. The van der Waals surface area contributed by atoms with Gasteiger partial charge in [-0.25, -0.2) is 0 Å². The molecule has 0 atom stereocenters. The van der Waals surface area contributed by atoms with E-state index in [0.29, 0.717) is 22.3 Å². The van der Waals surface area contributed by atoms with Crippen LogP contribution >= 0.6 is 0 Å². The second-order valence-electron chi connectivity index (χ2n) is 7.11. The number of hydrogen-bond donors (Lipinski definition) is 0. The maximum absolute atomic E-state index is 14.2. The second kappa shape index (κ2) is 5.51. The number of alkyl halides is 6. The van der Waals surface area contributed by atoms with Gasteiger partial charge in [0.1, 0.15) is 0 Å². The maximum atomic E-state index is 14.2. The topological polar surface area (TPSA) is 0 Å². The van der Waals surface area contributed by atoms with E-state index in [-0.39, 0.29) is 17.5 Å². The Bertz CT molecular complexity index is 813. The van der Waals surface area contributed by atoms with Gasteiger partial charge in [0.25, 0.3) is 0 Å². The Labute approximate surface area is 147 Å². The first-order valence-electron chi connectivity index (χ1n) is 8.15. The minimum absolute atomic E-state index is 0.0564. The highest BCUT2D eigenvalue weighted by Gasteiger charge is 2.74. The van der Waals surface area contributed by atoms with Gasteiger partial charge >= 0.3 is 12.4 Å². The lowest BCUT2D eigenvalue weighted by molar-refractivity contribution is -0.289. The van der Waals surface area contributed by atoms with Crippen molar-refractivity contribution >= 4 is 0 Å². The van der Waals surface area contributed by atoms with Crippen LogP contribution in [0.3, 0.4) is 0 Å². The molecular weight excluding hydrogens is 354 g/mol. The number of fused-ring (bicyclic) bond motifs is 2. The quantitative estimate of drug-likeness (QED) is 0.481. The average Bonchev–Trinajstić information content (AvgIpc) is 2.46. The Hall–Kier alpha value is -1.98. The number of rotatable bonds is 0. The molecule has 6 heteroatoms. The average molecular weight is 372 g/mol. The van der Waals surface area contributed by atoms with Crippen molar-refractivity contribution in [1.29, 1.82) is 0 Å². The van der Waals surface area contributed by atoms with Gasteiger partial charge in [-0.05, 0) is 78.6 Å². The number of hydrogen-bond acceptors (Lipinski definition) is 0. The zero-order valence-electron chi connectivity index (χ0n) is 14.8. The van der Waals surface area contributed by atoms with Crippen molar-refractivity contribution in [3.63, 3.8) is 0 Å². The summed E-state index contributed by atoms with van der Waals surface area (Å²) >= 11 is 0. The van der Waals surface area contributed by atoms with E-state index < -0.39 is 28.9 Å². The molecule has 0 aromatic heterocycles. The Morgan fingerprint density at radius 3 is 1.23 bits per heavy atom.